The van der Waals surface area contributed by atoms with E-state index in [0.717, 1.165) is 84.4 Å². The van der Waals surface area contributed by atoms with Crippen LogP contribution in [0.2, 0.25) is 0 Å². The first-order valence-corrected chi connectivity index (χ1v) is 13.1. The van der Waals surface area contributed by atoms with Gasteiger partial charge in [-0.05, 0) is 65.0 Å². The number of piperazine rings is 1. The maximum Gasteiger partial charge on any atom is 0.306 e. The van der Waals surface area contributed by atoms with E-state index in [2.05, 4.69) is 51.4 Å². The molecule has 0 radical (unpaired) electrons. The number of fused-ring (bicyclic) bond motifs is 1. The summed E-state index contributed by atoms with van der Waals surface area (Å²) in [4.78, 5) is 28.9. The molecule has 37 heavy (non-hydrogen) atoms. The summed E-state index contributed by atoms with van der Waals surface area (Å²) in [7, 11) is 4.21. The highest BCUT2D eigenvalue weighted by Crippen LogP contribution is 2.35. The zero-order valence-corrected chi connectivity index (χ0v) is 22.2. The van der Waals surface area contributed by atoms with E-state index in [9.17, 15) is 9.90 Å². The lowest BCUT2D eigenvalue weighted by molar-refractivity contribution is -0.143. The summed E-state index contributed by atoms with van der Waals surface area (Å²) in [6, 6.07) is 6.05. The highest BCUT2D eigenvalue weighted by molar-refractivity contribution is 5.88. The van der Waals surface area contributed by atoms with Crippen molar-refractivity contribution >= 4 is 22.8 Å². The molecule has 3 aromatic rings. The van der Waals surface area contributed by atoms with Crippen molar-refractivity contribution in [1.29, 1.82) is 0 Å². The molecule has 1 aromatic carbocycles. The standard InChI is InChI=1S/C27H37N7O3/c1-17-24(18(2)37-31-17)19-5-6-22-21(15-19)25(23-16-20(26(35)36)7-8-28-23)30-27(29-22)34-13-11-33(12-14-34)10-9-32(3)4/h5-6,15,20,23,28H,7-14,16H2,1-4H3,(H,35,36). The molecule has 0 bridgehead atoms. The molecule has 2 unspecified atom stereocenters. The van der Waals surface area contributed by atoms with Crippen LogP contribution in [0.3, 0.4) is 0 Å². The quantitative estimate of drug-likeness (QED) is 0.495. The molecule has 198 valence electrons. The zero-order chi connectivity index (χ0) is 26.1. The van der Waals surface area contributed by atoms with E-state index >= 15 is 0 Å². The highest BCUT2D eigenvalue weighted by Gasteiger charge is 2.31. The average Bonchev–Trinajstić information content (AvgIpc) is 3.24. The van der Waals surface area contributed by atoms with Gasteiger partial charge in [-0.25, -0.2) is 9.97 Å². The molecule has 10 nitrogen and oxygen atoms in total. The molecule has 2 aliphatic heterocycles. The maximum absolute atomic E-state index is 11.8. The zero-order valence-electron chi connectivity index (χ0n) is 22.2. The van der Waals surface area contributed by atoms with Crippen molar-refractivity contribution in [3.05, 3.63) is 35.3 Å². The van der Waals surface area contributed by atoms with Crippen molar-refractivity contribution < 1.29 is 14.4 Å². The number of aryl methyl sites for hydroxylation is 2. The first-order valence-electron chi connectivity index (χ1n) is 13.1. The fourth-order valence-corrected chi connectivity index (χ4v) is 5.46. The van der Waals surface area contributed by atoms with E-state index in [4.69, 9.17) is 14.5 Å². The number of aliphatic carboxylic acids is 1. The Labute approximate surface area is 217 Å². The molecule has 0 saturated carbocycles. The molecule has 2 atom stereocenters. The van der Waals surface area contributed by atoms with Crippen LogP contribution in [0.5, 0.6) is 0 Å². The number of carboxylic acids is 1. The maximum atomic E-state index is 11.8. The van der Waals surface area contributed by atoms with Crippen molar-refractivity contribution in [3.8, 4) is 11.1 Å². The number of piperidine rings is 1. The minimum atomic E-state index is -0.740. The second-order valence-corrected chi connectivity index (χ2v) is 10.5. The summed E-state index contributed by atoms with van der Waals surface area (Å²) in [5.74, 6) is 0.366. The van der Waals surface area contributed by atoms with Crippen LogP contribution in [0, 0.1) is 19.8 Å². The van der Waals surface area contributed by atoms with Crippen LogP contribution < -0.4 is 10.2 Å². The summed E-state index contributed by atoms with van der Waals surface area (Å²) < 4.78 is 5.41. The topological polar surface area (TPSA) is 111 Å². The minimum Gasteiger partial charge on any atom is -0.481 e. The SMILES string of the molecule is Cc1noc(C)c1-c1ccc2nc(N3CCN(CCN(C)C)CC3)nc(C3CC(C(=O)O)CCN3)c2c1. The fraction of sp³-hybridized carbons (Fsp3) is 0.556. The normalized spacial score (nSPS) is 21.2. The largest absolute Gasteiger partial charge is 0.481 e. The molecule has 2 aromatic heterocycles. The number of aromatic nitrogens is 3. The van der Waals surface area contributed by atoms with E-state index in [-0.39, 0.29) is 12.0 Å². The lowest BCUT2D eigenvalue weighted by atomic mass is 9.89. The number of carboxylic acid groups (broad SMARTS) is 1. The van der Waals surface area contributed by atoms with Gasteiger partial charge < -0.3 is 24.7 Å². The lowest BCUT2D eigenvalue weighted by Crippen LogP contribution is -2.48. The van der Waals surface area contributed by atoms with Gasteiger partial charge in [0.05, 0.1) is 28.9 Å². The predicted molar refractivity (Wildman–Crippen MR) is 143 cm³/mol. The van der Waals surface area contributed by atoms with Crippen molar-refractivity contribution in [2.24, 2.45) is 5.92 Å². The van der Waals surface area contributed by atoms with Crippen LogP contribution in [-0.4, -0.2) is 95.9 Å². The number of likely N-dealkylation sites (N-methyl/N-ethyl adjacent to an activating group) is 1. The van der Waals surface area contributed by atoms with Gasteiger partial charge in [0.15, 0.2) is 0 Å². The number of benzene rings is 1. The Bertz CT molecular complexity index is 1250. The minimum absolute atomic E-state index is 0.152. The predicted octanol–water partition coefficient (Wildman–Crippen LogP) is 2.71. The van der Waals surface area contributed by atoms with Gasteiger partial charge in [-0.15, -0.1) is 0 Å². The molecule has 2 N–H and O–H groups in total. The number of hydrogen-bond acceptors (Lipinski definition) is 9. The fourth-order valence-electron chi connectivity index (χ4n) is 5.46. The number of anilines is 1. The molecular weight excluding hydrogens is 470 g/mol. The molecule has 0 spiro atoms. The van der Waals surface area contributed by atoms with E-state index in [1.54, 1.807) is 0 Å². The van der Waals surface area contributed by atoms with Gasteiger partial charge in [0.1, 0.15) is 5.76 Å². The Morgan fingerprint density at radius 1 is 1.19 bits per heavy atom. The molecule has 0 amide bonds. The first kappa shape index (κ1) is 25.6. The summed E-state index contributed by atoms with van der Waals surface area (Å²) in [6.45, 7) is 10.3. The Hall–Kier alpha value is -3.08. The molecule has 4 heterocycles. The number of nitrogens with one attached hydrogen (secondary N) is 1. The van der Waals surface area contributed by atoms with Crippen LogP contribution in [-0.2, 0) is 4.79 Å². The Morgan fingerprint density at radius 2 is 1.97 bits per heavy atom. The van der Waals surface area contributed by atoms with Crippen LogP contribution in [0.1, 0.15) is 36.0 Å². The number of hydrogen-bond donors (Lipinski definition) is 2. The summed E-state index contributed by atoms with van der Waals surface area (Å²) >= 11 is 0. The molecule has 2 saturated heterocycles. The smallest absolute Gasteiger partial charge is 0.306 e. The van der Waals surface area contributed by atoms with E-state index in [0.29, 0.717) is 19.4 Å². The van der Waals surface area contributed by atoms with Gasteiger partial charge in [0.2, 0.25) is 5.95 Å². The van der Waals surface area contributed by atoms with Crippen molar-refractivity contribution in [2.75, 3.05) is 64.8 Å². The van der Waals surface area contributed by atoms with Crippen molar-refractivity contribution in [1.82, 2.24) is 30.2 Å². The van der Waals surface area contributed by atoms with Crippen LogP contribution in [0.4, 0.5) is 5.95 Å². The summed E-state index contributed by atoms with van der Waals surface area (Å²) in [6.07, 6.45) is 1.13. The van der Waals surface area contributed by atoms with Crippen LogP contribution in [0.15, 0.2) is 22.7 Å². The third-order valence-electron chi connectivity index (χ3n) is 7.64. The highest BCUT2D eigenvalue weighted by atomic mass is 16.5. The van der Waals surface area contributed by atoms with Gasteiger partial charge in [0, 0.05) is 50.2 Å². The first-order chi connectivity index (χ1) is 17.8. The van der Waals surface area contributed by atoms with Crippen LogP contribution >= 0.6 is 0 Å². The Kier molecular flexibility index (Phi) is 7.41. The number of rotatable bonds is 7. The summed E-state index contributed by atoms with van der Waals surface area (Å²) in [5, 5.41) is 18.3. The third kappa shape index (κ3) is 5.46. The van der Waals surface area contributed by atoms with Gasteiger partial charge in [-0.3, -0.25) is 9.69 Å². The molecule has 2 fully saturated rings. The Balaban J connectivity index is 1.50. The van der Waals surface area contributed by atoms with Crippen molar-refractivity contribution in [3.63, 3.8) is 0 Å². The van der Waals surface area contributed by atoms with Crippen LogP contribution in [0.25, 0.3) is 22.0 Å². The molecule has 10 heteroatoms. The van der Waals surface area contributed by atoms with Gasteiger partial charge >= 0.3 is 5.97 Å². The molecule has 5 rings (SSSR count). The molecule has 2 aliphatic rings. The lowest BCUT2D eigenvalue weighted by Gasteiger charge is -2.36. The molecular formula is C27H37N7O3. The summed E-state index contributed by atoms with van der Waals surface area (Å²) in [5.41, 5.74) is 4.55. The van der Waals surface area contributed by atoms with Gasteiger partial charge in [0.25, 0.3) is 0 Å². The number of carbonyl (C=O) groups is 1. The molecule has 0 aliphatic carbocycles. The average molecular weight is 508 g/mol. The van der Waals surface area contributed by atoms with Gasteiger partial charge in [-0.2, -0.15) is 0 Å². The third-order valence-corrected chi connectivity index (χ3v) is 7.64. The van der Waals surface area contributed by atoms with E-state index < -0.39 is 5.97 Å². The second kappa shape index (κ2) is 10.7. The Morgan fingerprint density at radius 3 is 2.65 bits per heavy atom. The van der Waals surface area contributed by atoms with E-state index in [1.807, 2.05) is 19.9 Å². The van der Waals surface area contributed by atoms with E-state index in [1.165, 1.54) is 0 Å². The number of nitrogens with zero attached hydrogens (tertiary/aromatic N) is 6. The van der Waals surface area contributed by atoms with Crippen molar-refractivity contribution in [2.45, 2.75) is 32.7 Å². The van der Waals surface area contributed by atoms with Gasteiger partial charge in [-0.1, -0.05) is 11.2 Å². The monoisotopic (exact) mass is 507 g/mol. The second-order valence-electron chi connectivity index (χ2n) is 10.5.